The van der Waals surface area contributed by atoms with Crippen LogP contribution in [0.15, 0.2) is 24.5 Å². The number of aryl methyl sites for hydroxylation is 1. The summed E-state index contributed by atoms with van der Waals surface area (Å²) in [5.74, 6) is -0.548. The van der Waals surface area contributed by atoms with Gasteiger partial charge in [-0.25, -0.2) is 9.97 Å². The van der Waals surface area contributed by atoms with Gasteiger partial charge in [0.05, 0.1) is 5.52 Å². The monoisotopic (exact) mass is 391 g/mol. The topological polar surface area (TPSA) is 111 Å². The molecule has 148 valence electrons. The third kappa shape index (κ3) is 4.29. The van der Waals surface area contributed by atoms with Crippen molar-refractivity contribution in [1.82, 2.24) is 19.7 Å². The molecule has 0 bridgehead atoms. The fourth-order valence-corrected chi connectivity index (χ4v) is 3.10. The standard InChI is InChI=1S/C21H21N5O3/c1-12-6-14(15-9-23-17(8-22)24-10-15)7-16-19(13(2)27)25-26(20(12)16)11-18(28)29-21(3,4)5/h6-7,9-10H,11H2,1-5H3. The van der Waals surface area contributed by atoms with Crippen molar-refractivity contribution < 1.29 is 14.3 Å². The zero-order valence-corrected chi connectivity index (χ0v) is 17.0. The van der Waals surface area contributed by atoms with E-state index >= 15 is 0 Å². The second-order valence-corrected chi connectivity index (χ2v) is 7.75. The summed E-state index contributed by atoms with van der Waals surface area (Å²) in [5.41, 5.74) is 2.71. The number of hydrogen-bond acceptors (Lipinski definition) is 7. The van der Waals surface area contributed by atoms with Gasteiger partial charge in [0.15, 0.2) is 5.78 Å². The Hall–Kier alpha value is -3.60. The Morgan fingerprint density at radius 1 is 1.17 bits per heavy atom. The number of hydrogen-bond donors (Lipinski definition) is 0. The Bertz CT molecular complexity index is 1150. The first kappa shape index (κ1) is 20.1. The molecular formula is C21H21N5O3. The predicted molar refractivity (Wildman–Crippen MR) is 106 cm³/mol. The van der Waals surface area contributed by atoms with Crippen LogP contribution in [0, 0.1) is 18.3 Å². The summed E-state index contributed by atoms with van der Waals surface area (Å²) in [4.78, 5) is 32.5. The van der Waals surface area contributed by atoms with Gasteiger partial charge in [-0.05, 0) is 51.0 Å². The van der Waals surface area contributed by atoms with E-state index in [-0.39, 0.29) is 23.8 Å². The zero-order chi connectivity index (χ0) is 21.3. The minimum absolute atomic E-state index is 0.0844. The van der Waals surface area contributed by atoms with E-state index in [0.717, 1.165) is 11.1 Å². The molecule has 0 saturated heterocycles. The number of nitriles is 1. The van der Waals surface area contributed by atoms with E-state index in [2.05, 4.69) is 15.1 Å². The van der Waals surface area contributed by atoms with Gasteiger partial charge in [0, 0.05) is 30.3 Å². The van der Waals surface area contributed by atoms with Gasteiger partial charge < -0.3 is 4.74 Å². The Morgan fingerprint density at radius 2 is 1.83 bits per heavy atom. The maximum Gasteiger partial charge on any atom is 0.328 e. The van der Waals surface area contributed by atoms with E-state index in [1.54, 1.807) is 33.2 Å². The smallest absolute Gasteiger partial charge is 0.328 e. The van der Waals surface area contributed by atoms with Crippen molar-refractivity contribution in [1.29, 1.82) is 5.26 Å². The number of esters is 1. The van der Waals surface area contributed by atoms with E-state index in [4.69, 9.17) is 10.00 Å². The summed E-state index contributed by atoms with van der Waals surface area (Å²) in [6.45, 7) is 8.61. The lowest BCUT2D eigenvalue weighted by Gasteiger charge is -2.19. The molecule has 8 nitrogen and oxygen atoms in total. The predicted octanol–water partition coefficient (Wildman–Crippen LogP) is 3.22. The minimum atomic E-state index is -0.610. The highest BCUT2D eigenvalue weighted by Gasteiger charge is 2.22. The summed E-state index contributed by atoms with van der Waals surface area (Å²) < 4.78 is 6.90. The van der Waals surface area contributed by atoms with E-state index in [1.807, 2.05) is 25.1 Å². The number of ether oxygens (including phenoxy) is 1. The highest BCUT2D eigenvalue weighted by atomic mass is 16.6. The Morgan fingerprint density at radius 3 is 2.38 bits per heavy atom. The van der Waals surface area contributed by atoms with Crippen molar-refractivity contribution in [3.8, 4) is 17.2 Å². The molecule has 0 N–H and O–H groups in total. The normalized spacial score (nSPS) is 11.3. The van der Waals surface area contributed by atoms with Crippen LogP contribution in [-0.4, -0.2) is 37.1 Å². The van der Waals surface area contributed by atoms with Crippen molar-refractivity contribution in [3.05, 3.63) is 41.6 Å². The average Bonchev–Trinajstić information content (AvgIpc) is 2.99. The molecule has 0 fully saturated rings. The van der Waals surface area contributed by atoms with Gasteiger partial charge in [0.1, 0.15) is 23.9 Å². The molecule has 0 aliphatic carbocycles. The number of Topliss-reactive ketones (excluding diaryl/α,β-unsaturated/α-hetero) is 1. The van der Waals surface area contributed by atoms with Crippen LogP contribution >= 0.6 is 0 Å². The van der Waals surface area contributed by atoms with Crippen LogP contribution < -0.4 is 0 Å². The molecule has 1 aromatic carbocycles. The first-order valence-electron chi connectivity index (χ1n) is 9.05. The van der Waals surface area contributed by atoms with Gasteiger partial charge in [0.25, 0.3) is 0 Å². The third-order valence-electron chi connectivity index (χ3n) is 4.15. The van der Waals surface area contributed by atoms with Crippen LogP contribution in [0.25, 0.3) is 22.0 Å². The fraction of sp³-hybridized carbons (Fsp3) is 0.333. The summed E-state index contributed by atoms with van der Waals surface area (Å²) in [6.07, 6.45) is 3.12. The Kier molecular flexibility index (Phi) is 5.16. The molecule has 0 radical (unpaired) electrons. The molecule has 0 aliphatic heterocycles. The summed E-state index contributed by atoms with van der Waals surface area (Å²) in [7, 11) is 0. The van der Waals surface area contributed by atoms with Gasteiger partial charge in [-0.3, -0.25) is 14.3 Å². The van der Waals surface area contributed by atoms with E-state index < -0.39 is 11.6 Å². The quantitative estimate of drug-likeness (QED) is 0.496. The largest absolute Gasteiger partial charge is 0.459 e. The van der Waals surface area contributed by atoms with Crippen molar-refractivity contribution in [3.63, 3.8) is 0 Å². The molecule has 0 saturated carbocycles. The first-order valence-corrected chi connectivity index (χ1v) is 9.05. The number of aromatic nitrogens is 4. The number of carbonyl (C=O) groups is 2. The van der Waals surface area contributed by atoms with Crippen molar-refractivity contribution in [2.75, 3.05) is 0 Å². The maximum absolute atomic E-state index is 12.3. The molecule has 3 rings (SSSR count). The molecule has 0 unspecified atom stereocenters. The number of benzene rings is 1. The second-order valence-electron chi connectivity index (χ2n) is 7.75. The fourth-order valence-electron chi connectivity index (χ4n) is 3.10. The van der Waals surface area contributed by atoms with E-state index in [9.17, 15) is 9.59 Å². The highest BCUT2D eigenvalue weighted by molar-refractivity contribution is 6.06. The first-order chi connectivity index (χ1) is 13.6. The lowest BCUT2D eigenvalue weighted by atomic mass is 10.0. The maximum atomic E-state index is 12.3. The van der Waals surface area contributed by atoms with Crippen LogP contribution in [0.3, 0.4) is 0 Å². The molecule has 0 spiro atoms. The van der Waals surface area contributed by atoms with Gasteiger partial charge in [0.2, 0.25) is 5.82 Å². The summed E-state index contributed by atoms with van der Waals surface area (Å²) in [5, 5.41) is 13.9. The molecule has 0 aliphatic rings. The van der Waals surface area contributed by atoms with E-state index in [0.29, 0.717) is 16.5 Å². The van der Waals surface area contributed by atoms with Gasteiger partial charge >= 0.3 is 5.97 Å². The number of ketones is 1. The van der Waals surface area contributed by atoms with Crippen LogP contribution in [0.2, 0.25) is 0 Å². The van der Waals surface area contributed by atoms with Gasteiger partial charge in [-0.1, -0.05) is 0 Å². The number of carbonyl (C=O) groups excluding carboxylic acids is 2. The van der Waals surface area contributed by atoms with Crippen molar-refractivity contribution in [2.45, 2.75) is 46.8 Å². The van der Waals surface area contributed by atoms with E-state index in [1.165, 1.54) is 11.6 Å². The summed E-state index contributed by atoms with van der Waals surface area (Å²) in [6, 6.07) is 5.61. The van der Waals surface area contributed by atoms with Crippen LogP contribution in [0.4, 0.5) is 0 Å². The zero-order valence-electron chi connectivity index (χ0n) is 17.0. The summed E-state index contributed by atoms with van der Waals surface area (Å²) >= 11 is 0. The molecule has 29 heavy (non-hydrogen) atoms. The van der Waals surface area contributed by atoms with Gasteiger partial charge in [-0.15, -0.1) is 0 Å². The molecule has 0 amide bonds. The van der Waals surface area contributed by atoms with Gasteiger partial charge in [-0.2, -0.15) is 10.4 Å². The molecule has 2 heterocycles. The second kappa shape index (κ2) is 7.43. The van der Waals surface area contributed by atoms with Crippen molar-refractivity contribution in [2.24, 2.45) is 0 Å². The number of fused-ring (bicyclic) bond motifs is 1. The molecule has 3 aromatic rings. The highest BCUT2D eigenvalue weighted by Crippen LogP contribution is 2.29. The minimum Gasteiger partial charge on any atom is -0.459 e. The van der Waals surface area contributed by atoms with Crippen LogP contribution in [-0.2, 0) is 16.1 Å². The average molecular weight is 391 g/mol. The molecular weight excluding hydrogens is 370 g/mol. The SMILES string of the molecule is CC(=O)c1nn(CC(=O)OC(C)(C)C)c2c(C)cc(-c3cnc(C#N)nc3)cc12. The lowest BCUT2D eigenvalue weighted by molar-refractivity contribution is -0.155. The Labute approximate surface area is 168 Å². The molecule has 0 atom stereocenters. The van der Waals surface area contributed by atoms with Crippen LogP contribution in [0.1, 0.15) is 49.6 Å². The third-order valence-corrected chi connectivity index (χ3v) is 4.15. The number of rotatable bonds is 4. The van der Waals surface area contributed by atoms with Crippen molar-refractivity contribution >= 4 is 22.7 Å². The molecule has 2 aromatic heterocycles. The van der Waals surface area contributed by atoms with Crippen LogP contribution in [0.5, 0.6) is 0 Å². The molecule has 8 heteroatoms. The Balaban J connectivity index is 2.10. The number of nitrogens with zero attached hydrogens (tertiary/aromatic N) is 5. The lowest BCUT2D eigenvalue weighted by Crippen LogP contribution is -2.27.